The van der Waals surface area contributed by atoms with Gasteiger partial charge in [-0.15, -0.1) is 0 Å². The minimum Gasteiger partial charge on any atom is -0.362 e. The Morgan fingerprint density at radius 1 is 1.28 bits per heavy atom. The summed E-state index contributed by atoms with van der Waals surface area (Å²) in [5, 5.41) is 0. The molecule has 0 aliphatic carbocycles. The van der Waals surface area contributed by atoms with E-state index >= 15 is 0 Å². The largest absolute Gasteiger partial charge is 0.362 e. The Kier molecular flexibility index (Phi) is 4.37. The van der Waals surface area contributed by atoms with Crippen LogP contribution in [0.5, 0.6) is 0 Å². The highest BCUT2D eigenvalue weighted by molar-refractivity contribution is 5.77. The molecular weight excluding hydrogens is 226 g/mol. The molecule has 1 aliphatic heterocycles. The Morgan fingerprint density at radius 2 is 2.00 bits per heavy atom. The van der Waals surface area contributed by atoms with E-state index in [1.54, 1.807) is 7.11 Å². The number of ether oxygens (including phenoxy) is 1. The Hall–Kier alpha value is -1.35. The molecule has 3 nitrogen and oxygen atoms in total. The number of carbonyl (C=O) groups excluding carboxylic acids is 1. The van der Waals surface area contributed by atoms with E-state index in [9.17, 15) is 4.79 Å². The average Bonchev–Trinajstić information content (AvgIpc) is 2.60. The molecule has 1 aromatic rings. The number of hydrogen-bond donors (Lipinski definition) is 0. The van der Waals surface area contributed by atoms with Gasteiger partial charge in [-0.05, 0) is 31.7 Å². The first-order valence-corrected chi connectivity index (χ1v) is 6.63. The summed E-state index contributed by atoms with van der Waals surface area (Å²) >= 11 is 0. The second-order valence-corrected chi connectivity index (χ2v) is 4.82. The lowest BCUT2D eigenvalue weighted by molar-refractivity contribution is -0.147. The van der Waals surface area contributed by atoms with E-state index < -0.39 is 0 Å². The van der Waals surface area contributed by atoms with Gasteiger partial charge in [0.1, 0.15) is 6.23 Å². The molecular formula is C15H21NO2. The van der Waals surface area contributed by atoms with Crippen molar-refractivity contribution in [2.75, 3.05) is 7.11 Å². The normalized spacial score (nSPS) is 22.7. The monoisotopic (exact) mass is 247 g/mol. The van der Waals surface area contributed by atoms with E-state index in [4.69, 9.17) is 4.74 Å². The van der Waals surface area contributed by atoms with Gasteiger partial charge in [-0.2, -0.15) is 0 Å². The fourth-order valence-electron chi connectivity index (χ4n) is 2.61. The number of nitrogens with zero attached hydrogens (tertiary/aromatic N) is 1. The zero-order valence-electron chi connectivity index (χ0n) is 11.1. The Balaban J connectivity index is 2.24. The summed E-state index contributed by atoms with van der Waals surface area (Å²) in [6.07, 6.45) is 3.50. The van der Waals surface area contributed by atoms with Crippen molar-refractivity contribution < 1.29 is 9.53 Å². The lowest BCUT2D eigenvalue weighted by atomic mass is 10.1. The quantitative estimate of drug-likeness (QED) is 0.821. The summed E-state index contributed by atoms with van der Waals surface area (Å²) in [5.41, 5.74) is 1.16. The van der Waals surface area contributed by atoms with Crippen LogP contribution in [0.1, 0.15) is 44.2 Å². The van der Waals surface area contributed by atoms with E-state index in [-0.39, 0.29) is 18.2 Å². The summed E-state index contributed by atoms with van der Waals surface area (Å²) in [6, 6.07) is 10.2. The van der Waals surface area contributed by atoms with Crippen LogP contribution in [-0.2, 0) is 9.53 Å². The first kappa shape index (κ1) is 13.1. The molecule has 0 bridgehead atoms. The maximum absolute atomic E-state index is 12.2. The minimum atomic E-state index is -0.0878. The molecule has 0 aromatic heterocycles. The Morgan fingerprint density at radius 3 is 2.67 bits per heavy atom. The number of rotatable bonds is 3. The average molecular weight is 247 g/mol. The van der Waals surface area contributed by atoms with Gasteiger partial charge in [0.2, 0.25) is 5.91 Å². The highest BCUT2D eigenvalue weighted by Gasteiger charge is 2.30. The van der Waals surface area contributed by atoms with Crippen molar-refractivity contribution in [1.29, 1.82) is 0 Å². The Bertz CT molecular complexity index is 391. The fourth-order valence-corrected chi connectivity index (χ4v) is 2.61. The van der Waals surface area contributed by atoms with Crippen LogP contribution >= 0.6 is 0 Å². The zero-order chi connectivity index (χ0) is 13.0. The van der Waals surface area contributed by atoms with E-state index in [2.05, 4.69) is 19.1 Å². The van der Waals surface area contributed by atoms with Crippen LogP contribution in [-0.4, -0.2) is 24.1 Å². The number of methoxy groups -OCH3 is 1. The third-order valence-corrected chi connectivity index (χ3v) is 3.66. The number of likely N-dealkylation sites (tertiary alicyclic amines) is 1. The van der Waals surface area contributed by atoms with Crippen LogP contribution in [0, 0.1) is 0 Å². The molecule has 2 atom stereocenters. The molecule has 3 heteroatoms. The SMILES string of the molecule is CO[C@H]1CCCCC(=O)N1[C@H](C)c1ccccc1. The summed E-state index contributed by atoms with van der Waals surface area (Å²) in [7, 11) is 1.69. The van der Waals surface area contributed by atoms with Crippen molar-refractivity contribution in [2.45, 2.75) is 44.9 Å². The molecule has 1 amide bonds. The maximum Gasteiger partial charge on any atom is 0.225 e. The van der Waals surface area contributed by atoms with Crippen molar-refractivity contribution in [1.82, 2.24) is 4.90 Å². The maximum atomic E-state index is 12.2. The molecule has 2 rings (SSSR count). The Labute approximate surface area is 109 Å². The van der Waals surface area contributed by atoms with Crippen LogP contribution in [0.15, 0.2) is 30.3 Å². The van der Waals surface area contributed by atoms with Crippen molar-refractivity contribution in [3.63, 3.8) is 0 Å². The van der Waals surface area contributed by atoms with Gasteiger partial charge in [0.25, 0.3) is 0 Å². The van der Waals surface area contributed by atoms with Crippen molar-refractivity contribution in [3.8, 4) is 0 Å². The fraction of sp³-hybridized carbons (Fsp3) is 0.533. The molecule has 0 unspecified atom stereocenters. The van der Waals surface area contributed by atoms with Gasteiger partial charge in [0, 0.05) is 13.5 Å². The van der Waals surface area contributed by atoms with Gasteiger partial charge >= 0.3 is 0 Å². The topological polar surface area (TPSA) is 29.5 Å². The molecule has 98 valence electrons. The highest BCUT2D eigenvalue weighted by Crippen LogP contribution is 2.28. The molecule has 0 saturated carbocycles. The molecule has 0 N–H and O–H groups in total. The van der Waals surface area contributed by atoms with E-state index in [1.165, 1.54) is 0 Å². The van der Waals surface area contributed by atoms with Gasteiger partial charge < -0.3 is 9.64 Å². The first-order valence-electron chi connectivity index (χ1n) is 6.63. The lowest BCUT2D eigenvalue weighted by Crippen LogP contribution is -2.41. The summed E-state index contributed by atoms with van der Waals surface area (Å²) < 4.78 is 5.50. The van der Waals surface area contributed by atoms with Crippen LogP contribution in [0.4, 0.5) is 0 Å². The zero-order valence-corrected chi connectivity index (χ0v) is 11.1. The second-order valence-electron chi connectivity index (χ2n) is 4.82. The van der Waals surface area contributed by atoms with Gasteiger partial charge in [-0.3, -0.25) is 4.79 Å². The predicted molar refractivity (Wildman–Crippen MR) is 71.0 cm³/mol. The predicted octanol–water partition coefficient (Wildman–Crippen LogP) is 3.12. The third kappa shape index (κ3) is 2.72. The molecule has 1 heterocycles. The molecule has 1 fully saturated rings. The van der Waals surface area contributed by atoms with Crippen molar-refractivity contribution >= 4 is 5.91 Å². The van der Waals surface area contributed by atoms with Gasteiger partial charge in [-0.25, -0.2) is 0 Å². The molecule has 1 aliphatic rings. The smallest absolute Gasteiger partial charge is 0.225 e. The van der Waals surface area contributed by atoms with Gasteiger partial charge in [0.05, 0.1) is 6.04 Å². The van der Waals surface area contributed by atoms with Crippen LogP contribution < -0.4 is 0 Å². The van der Waals surface area contributed by atoms with Gasteiger partial charge in [-0.1, -0.05) is 30.3 Å². The number of carbonyl (C=O) groups is 1. The number of amides is 1. The van der Waals surface area contributed by atoms with Crippen molar-refractivity contribution in [2.24, 2.45) is 0 Å². The standard InChI is InChI=1S/C15H21NO2/c1-12(13-8-4-3-5-9-13)16-14(17)10-6-7-11-15(16)18-2/h3-5,8-9,12,15H,6-7,10-11H2,1-2H3/t12-,15+/m1/s1. The van der Waals surface area contributed by atoms with Crippen LogP contribution in [0.25, 0.3) is 0 Å². The third-order valence-electron chi connectivity index (χ3n) is 3.66. The highest BCUT2D eigenvalue weighted by atomic mass is 16.5. The number of hydrogen-bond acceptors (Lipinski definition) is 2. The minimum absolute atomic E-state index is 0.0711. The number of benzene rings is 1. The lowest BCUT2D eigenvalue weighted by Gasteiger charge is -2.34. The van der Waals surface area contributed by atoms with E-state index in [0.717, 1.165) is 24.8 Å². The molecule has 0 spiro atoms. The van der Waals surface area contributed by atoms with Crippen LogP contribution in [0.2, 0.25) is 0 Å². The summed E-state index contributed by atoms with van der Waals surface area (Å²) in [4.78, 5) is 14.1. The van der Waals surface area contributed by atoms with Gasteiger partial charge in [0.15, 0.2) is 0 Å². The van der Waals surface area contributed by atoms with E-state index in [1.807, 2.05) is 23.1 Å². The first-order chi connectivity index (χ1) is 8.74. The second kappa shape index (κ2) is 6.01. The summed E-state index contributed by atoms with van der Waals surface area (Å²) in [6.45, 7) is 2.07. The molecule has 1 saturated heterocycles. The van der Waals surface area contributed by atoms with Crippen molar-refractivity contribution in [3.05, 3.63) is 35.9 Å². The molecule has 0 radical (unpaired) electrons. The summed E-state index contributed by atoms with van der Waals surface area (Å²) in [5.74, 6) is 0.204. The molecule has 18 heavy (non-hydrogen) atoms. The van der Waals surface area contributed by atoms with E-state index in [0.29, 0.717) is 6.42 Å². The molecule has 1 aromatic carbocycles. The van der Waals surface area contributed by atoms with Crippen LogP contribution in [0.3, 0.4) is 0 Å².